The van der Waals surface area contributed by atoms with Crippen LogP contribution in [0.5, 0.6) is 0 Å². The summed E-state index contributed by atoms with van der Waals surface area (Å²) in [5.74, 6) is 1.73. The number of ether oxygens (including phenoxy) is 1. The van der Waals surface area contributed by atoms with Crippen LogP contribution in [0.25, 0.3) is 0 Å². The van der Waals surface area contributed by atoms with Gasteiger partial charge in [0.05, 0.1) is 6.54 Å². The second-order valence-corrected chi connectivity index (χ2v) is 3.52. The lowest BCUT2D eigenvalue weighted by atomic mass is 10.1. The number of hydrogen-bond donors (Lipinski definition) is 1. The first kappa shape index (κ1) is 7.80. The number of nitrogens with two attached hydrogens (primary N) is 1. The highest BCUT2D eigenvalue weighted by molar-refractivity contribution is 5.72. The third-order valence-corrected chi connectivity index (χ3v) is 2.67. The Hall–Kier alpha value is -0.830. The zero-order chi connectivity index (χ0) is 8.55. The molecule has 0 aromatic rings. The van der Waals surface area contributed by atoms with Gasteiger partial charge in [-0.05, 0) is 31.3 Å². The Kier molecular flexibility index (Phi) is 1.89. The van der Waals surface area contributed by atoms with Gasteiger partial charge in [0.15, 0.2) is 0 Å². The number of allylic oxidation sites excluding steroid dienone is 2. The summed E-state index contributed by atoms with van der Waals surface area (Å²) < 4.78 is 5.09. The third-order valence-electron chi connectivity index (χ3n) is 2.67. The summed E-state index contributed by atoms with van der Waals surface area (Å²) in [5.41, 5.74) is 5.15. The summed E-state index contributed by atoms with van der Waals surface area (Å²) in [6.45, 7) is -0.0191. The molecule has 2 aliphatic rings. The van der Waals surface area contributed by atoms with Crippen LogP contribution in [0.1, 0.15) is 19.3 Å². The van der Waals surface area contributed by atoms with Gasteiger partial charge in [-0.3, -0.25) is 4.79 Å². The van der Waals surface area contributed by atoms with Gasteiger partial charge in [-0.25, -0.2) is 0 Å². The molecule has 0 saturated heterocycles. The van der Waals surface area contributed by atoms with Gasteiger partial charge in [-0.1, -0.05) is 0 Å². The highest BCUT2D eigenvalue weighted by Gasteiger charge is 2.34. The van der Waals surface area contributed by atoms with E-state index in [1.807, 2.05) is 0 Å². The predicted molar refractivity (Wildman–Crippen MR) is 44.1 cm³/mol. The molecule has 0 radical (unpaired) electrons. The Labute approximate surface area is 71.6 Å². The molecule has 0 heterocycles. The zero-order valence-corrected chi connectivity index (χ0v) is 6.95. The van der Waals surface area contributed by atoms with Gasteiger partial charge in [0, 0.05) is 5.92 Å². The molecule has 0 aromatic heterocycles. The van der Waals surface area contributed by atoms with E-state index in [9.17, 15) is 4.79 Å². The predicted octanol–water partition coefficient (Wildman–Crippen LogP) is 0.802. The second kappa shape index (κ2) is 2.90. The first-order valence-corrected chi connectivity index (χ1v) is 4.42. The summed E-state index contributed by atoms with van der Waals surface area (Å²) in [4.78, 5) is 10.9. The van der Waals surface area contributed by atoms with Crippen molar-refractivity contribution >= 4 is 5.97 Å². The van der Waals surface area contributed by atoms with Crippen molar-refractivity contribution in [2.45, 2.75) is 19.3 Å². The Bertz CT molecular complexity index is 235. The maximum atomic E-state index is 10.9. The molecular formula is C9H13NO2. The summed E-state index contributed by atoms with van der Waals surface area (Å²) in [7, 11) is 0. The summed E-state index contributed by atoms with van der Waals surface area (Å²) in [6, 6.07) is 0. The quantitative estimate of drug-likeness (QED) is 0.619. The van der Waals surface area contributed by atoms with E-state index < -0.39 is 0 Å². The monoisotopic (exact) mass is 167 g/mol. The highest BCUT2D eigenvalue weighted by atomic mass is 16.5. The van der Waals surface area contributed by atoms with Gasteiger partial charge in [-0.15, -0.1) is 0 Å². The highest BCUT2D eigenvalue weighted by Crippen LogP contribution is 2.43. The van der Waals surface area contributed by atoms with Gasteiger partial charge in [0.25, 0.3) is 0 Å². The van der Waals surface area contributed by atoms with Crippen LogP contribution < -0.4 is 5.73 Å². The van der Waals surface area contributed by atoms with Crippen LogP contribution >= 0.6 is 0 Å². The maximum Gasteiger partial charge on any atom is 0.324 e. The van der Waals surface area contributed by atoms with Crippen molar-refractivity contribution in [3.63, 3.8) is 0 Å². The molecule has 2 bridgehead atoms. The van der Waals surface area contributed by atoms with E-state index in [0.717, 1.165) is 5.76 Å². The number of rotatable bonds is 2. The van der Waals surface area contributed by atoms with Crippen LogP contribution in [-0.2, 0) is 9.53 Å². The fourth-order valence-electron chi connectivity index (χ4n) is 2.09. The molecule has 0 spiro atoms. The topological polar surface area (TPSA) is 52.3 Å². The first-order valence-electron chi connectivity index (χ1n) is 4.42. The van der Waals surface area contributed by atoms with Gasteiger partial charge in [-0.2, -0.15) is 0 Å². The average Bonchev–Trinajstić information content (AvgIpc) is 2.64. The van der Waals surface area contributed by atoms with Crippen LogP contribution in [0.2, 0.25) is 0 Å². The van der Waals surface area contributed by atoms with E-state index in [1.54, 1.807) is 0 Å². The number of fused-ring (bicyclic) bond motifs is 2. The molecule has 2 N–H and O–H groups in total. The maximum absolute atomic E-state index is 10.9. The summed E-state index contributed by atoms with van der Waals surface area (Å²) >= 11 is 0. The van der Waals surface area contributed by atoms with E-state index in [0.29, 0.717) is 11.8 Å². The largest absolute Gasteiger partial charge is 0.430 e. The van der Waals surface area contributed by atoms with Crippen molar-refractivity contribution in [1.82, 2.24) is 0 Å². The van der Waals surface area contributed by atoms with Crippen LogP contribution in [0.15, 0.2) is 11.8 Å². The lowest BCUT2D eigenvalue weighted by Gasteiger charge is -2.12. The molecule has 2 atom stereocenters. The Morgan fingerprint density at radius 2 is 2.50 bits per heavy atom. The van der Waals surface area contributed by atoms with Crippen molar-refractivity contribution in [3.8, 4) is 0 Å². The fourth-order valence-corrected chi connectivity index (χ4v) is 2.09. The Balaban J connectivity index is 1.98. The number of carbonyl (C=O) groups is 1. The van der Waals surface area contributed by atoms with E-state index in [4.69, 9.17) is 10.5 Å². The molecule has 3 heteroatoms. The van der Waals surface area contributed by atoms with Crippen molar-refractivity contribution in [2.24, 2.45) is 17.6 Å². The SMILES string of the molecule is NCC(=O)OC1=CC2CCC1C2. The minimum Gasteiger partial charge on any atom is -0.430 e. The molecular weight excluding hydrogens is 154 g/mol. The molecule has 0 aromatic carbocycles. The summed E-state index contributed by atoms with van der Waals surface area (Å²) in [6.07, 6.45) is 5.69. The minimum absolute atomic E-state index is 0.0191. The minimum atomic E-state index is -0.311. The smallest absolute Gasteiger partial charge is 0.324 e. The molecule has 0 aliphatic heterocycles. The molecule has 0 amide bonds. The molecule has 1 fully saturated rings. The van der Waals surface area contributed by atoms with Crippen LogP contribution in [0.4, 0.5) is 0 Å². The third kappa shape index (κ3) is 1.25. The molecule has 66 valence electrons. The van der Waals surface area contributed by atoms with Crippen LogP contribution in [0, 0.1) is 11.8 Å². The van der Waals surface area contributed by atoms with E-state index in [2.05, 4.69) is 6.08 Å². The fraction of sp³-hybridized carbons (Fsp3) is 0.667. The van der Waals surface area contributed by atoms with Gasteiger partial charge >= 0.3 is 5.97 Å². The Morgan fingerprint density at radius 1 is 1.67 bits per heavy atom. The van der Waals surface area contributed by atoms with Crippen molar-refractivity contribution in [1.29, 1.82) is 0 Å². The molecule has 3 nitrogen and oxygen atoms in total. The number of carbonyl (C=O) groups excluding carboxylic acids is 1. The number of esters is 1. The lowest BCUT2D eigenvalue weighted by Crippen LogP contribution is -2.18. The lowest BCUT2D eigenvalue weighted by molar-refractivity contribution is -0.138. The molecule has 2 rings (SSSR count). The Morgan fingerprint density at radius 3 is 3.00 bits per heavy atom. The van der Waals surface area contributed by atoms with Crippen molar-refractivity contribution in [2.75, 3.05) is 6.54 Å². The van der Waals surface area contributed by atoms with Gasteiger partial charge in [0.2, 0.25) is 0 Å². The van der Waals surface area contributed by atoms with Gasteiger partial charge in [0.1, 0.15) is 5.76 Å². The molecule has 2 aliphatic carbocycles. The van der Waals surface area contributed by atoms with E-state index in [1.165, 1.54) is 19.3 Å². The zero-order valence-electron chi connectivity index (χ0n) is 6.95. The average molecular weight is 167 g/mol. The molecule has 2 unspecified atom stereocenters. The van der Waals surface area contributed by atoms with E-state index in [-0.39, 0.29) is 12.5 Å². The van der Waals surface area contributed by atoms with Crippen molar-refractivity contribution < 1.29 is 9.53 Å². The summed E-state index contributed by atoms with van der Waals surface area (Å²) in [5, 5.41) is 0. The van der Waals surface area contributed by atoms with Crippen LogP contribution in [-0.4, -0.2) is 12.5 Å². The van der Waals surface area contributed by atoms with Gasteiger partial charge < -0.3 is 10.5 Å². The second-order valence-electron chi connectivity index (χ2n) is 3.52. The number of hydrogen-bond acceptors (Lipinski definition) is 3. The normalized spacial score (nSPS) is 31.9. The standard InChI is InChI=1S/C9H13NO2/c10-5-9(11)12-8-4-6-1-2-7(8)3-6/h4,6-7H,1-3,5,10H2. The first-order chi connectivity index (χ1) is 5.79. The molecule has 1 saturated carbocycles. The van der Waals surface area contributed by atoms with E-state index >= 15 is 0 Å². The van der Waals surface area contributed by atoms with Crippen molar-refractivity contribution in [3.05, 3.63) is 11.8 Å². The van der Waals surface area contributed by atoms with Crippen LogP contribution in [0.3, 0.4) is 0 Å². The molecule has 12 heavy (non-hydrogen) atoms.